The molecule has 0 unspecified atom stereocenters. The van der Waals surface area contributed by atoms with Gasteiger partial charge in [0.2, 0.25) is 11.8 Å². The molecule has 2 aromatic carbocycles. The summed E-state index contributed by atoms with van der Waals surface area (Å²) in [6.45, 7) is 0.683. The minimum Gasteiger partial charge on any atom is -0.366 e. The minimum atomic E-state index is -0.519. The number of nitro groups is 1. The predicted octanol–water partition coefficient (Wildman–Crippen LogP) is 2.30. The number of carbonyl (C=O) groups is 2. The van der Waals surface area contributed by atoms with Gasteiger partial charge in [0.05, 0.1) is 11.5 Å². The van der Waals surface area contributed by atoms with Crippen LogP contribution in [-0.4, -0.2) is 34.2 Å². The van der Waals surface area contributed by atoms with E-state index in [1.54, 1.807) is 24.3 Å². The van der Waals surface area contributed by atoms with Crippen molar-refractivity contribution in [2.75, 3.05) is 11.9 Å². The number of hydrogen-bond acceptors (Lipinski definition) is 5. The summed E-state index contributed by atoms with van der Waals surface area (Å²) in [4.78, 5) is 36.2. The highest BCUT2D eigenvalue weighted by Gasteiger charge is 2.30. The van der Waals surface area contributed by atoms with Gasteiger partial charge in [0.25, 0.3) is 5.69 Å². The monoisotopic (exact) mass is 368 g/mol. The van der Waals surface area contributed by atoms with Gasteiger partial charge in [0.1, 0.15) is 5.69 Å². The molecule has 0 saturated heterocycles. The van der Waals surface area contributed by atoms with Crippen molar-refractivity contribution >= 4 is 23.2 Å². The Bertz CT molecular complexity index is 862. The van der Waals surface area contributed by atoms with E-state index in [0.717, 1.165) is 18.4 Å². The van der Waals surface area contributed by atoms with Crippen molar-refractivity contribution in [1.29, 1.82) is 0 Å². The molecule has 2 amide bonds. The molecule has 0 radical (unpaired) electrons. The van der Waals surface area contributed by atoms with Gasteiger partial charge in [-0.3, -0.25) is 24.6 Å². The first-order chi connectivity index (χ1) is 12.9. The molecule has 0 heterocycles. The van der Waals surface area contributed by atoms with Crippen LogP contribution >= 0.6 is 0 Å². The SMILES string of the molecule is NC(=O)c1ccc(CN(CC(=O)Nc2ccccc2[N+](=O)[O-])C2CC2)cc1. The number of hydrogen-bond donors (Lipinski definition) is 2. The minimum absolute atomic E-state index is 0.133. The van der Waals surface area contributed by atoms with E-state index in [9.17, 15) is 19.7 Å². The van der Waals surface area contributed by atoms with Crippen LogP contribution in [0.1, 0.15) is 28.8 Å². The Labute approximate surface area is 156 Å². The fraction of sp³-hybridized carbons (Fsp3) is 0.263. The molecule has 1 fully saturated rings. The van der Waals surface area contributed by atoms with E-state index in [0.29, 0.717) is 18.2 Å². The molecule has 0 bridgehead atoms. The number of para-hydroxylation sites is 2. The van der Waals surface area contributed by atoms with E-state index in [-0.39, 0.29) is 23.8 Å². The molecule has 2 aromatic rings. The Morgan fingerprint density at radius 2 is 1.81 bits per heavy atom. The highest BCUT2D eigenvalue weighted by molar-refractivity contribution is 5.94. The Morgan fingerprint density at radius 3 is 2.41 bits per heavy atom. The lowest BCUT2D eigenvalue weighted by molar-refractivity contribution is -0.383. The summed E-state index contributed by atoms with van der Waals surface area (Å²) in [5.74, 6) is -0.783. The van der Waals surface area contributed by atoms with E-state index in [1.807, 2.05) is 17.0 Å². The maximum atomic E-state index is 12.4. The van der Waals surface area contributed by atoms with Crippen LogP contribution in [0.5, 0.6) is 0 Å². The van der Waals surface area contributed by atoms with Crippen molar-refractivity contribution in [3.8, 4) is 0 Å². The molecule has 8 heteroatoms. The molecule has 0 aliphatic heterocycles. The first-order valence-electron chi connectivity index (χ1n) is 8.60. The first kappa shape index (κ1) is 18.5. The smallest absolute Gasteiger partial charge is 0.292 e. The molecular formula is C19H20N4O4. The number of nitrogens with one attached hydrogen (secondary N) is 1. The maximum Gasteiger partial charge on any atom is 0.292 e. The van der Waals surface area contributed by atoms with Gasteiger partial charge >= 0.3 is 0 Å². The van der Waals surface area contributed by atoms with Gasteiger partial charge in [-0.25, -0.2) is 0 Å². The number of nitrogens with zero attached hydrogens (tertiary/aromatic N) is 2. The van der Waals surface area contributed by atoms with Crippen LogP contribution < -0.4 is 11.1 Å². The largest absolute Gasteiger partial charge is 0.366 e. The third kappa shape index (κ3) is 4.89. The third-order valence-electron chi connectivity index (χ3n) is 4.41. The average molecular weight is 368 g/mol. The molecule has 0 atom stereocenters. The molecular weight excluding hydrogens is 348 g/mol. The fourth-order valence-corrected chi connectivity index (χ4v) is 2.88. The van der Waals surface area contributed by atoms with Crippen molar-refractivity contribution in [2.45, 2.75) is 25.4 Å². The predicted molar refractivity (Wildman–Crippen MR) is 100 cm³/mol. The number of carbonyl (C=O) groups excluding carboxylic acids is 2. The van der Waals surface area contributed by atoms with Crippen LogP contribution in [0.25, 0.3) is 0 Å². The van der Waals surface area contributed by atoms with Crippen molar-refractivity contribution < 1.29 is 14.5 Å². The first-order valence-corrected chi connectivity index (χ1v) is 8.60. The van der Waals surface area contributed by atoms with Crippen LogP contribution in [-0.2, 0) is 11.3 Å². The Kier molecular flexibility index (Phi) is 5.46. The van der Waals surface area contributed by atoms with Crippen LogP contribution in [0.2, 0.25) is 0 Å². The lowest BCUT2D eigenvalue weighted by Gasteiger charge is -2.21. The van der Waals surface area contributed by atoms with Gasteiger partial charge < -0.3 is 11.1 Å². The van der Waals surface area contributed by atoms with Gasteiger partial charge in [-0.1, -0.05) is 24.3 Å². The third-order valence-corrected chi connectivity index (χ3v) is 4.41. The summed E-state index contributed by atoms with van der Waals surface area (Å²) in [6.07, 6.45) is 2.02. The molecule has 1 saturated carbocycles. The molecule has 27 heavy (non-hydrogen) atoms. The lowest BCUT2D eigenvalue weighted by Crippen LogP contribution is -2.34. The second-order valence-corrected chi connectivity index (χ2v) is 6.52. The van der Waals surface area contributed by atoms with Crippen LogP contribution in [0.15, 0.2) is 48.5 Å². The summed E-state index contributed by atoms with van der Waals surface area (Å²) in [5.41, 5.74) is 6.70. The van der Waals surface area contributed by atoms with Crippen molar-refractivity contribution in [1.82, 2.24) is 4.90 Å². The zero-order valence-electron chi connectivity index (χ0n) is 14.6. The lowest BCUT2D eigenvalue weighted by atomic mass is 10.1. The number of anilines is 1. The van der Waals surface area contributed by atoms with Gasteiger partial charge in [-0.2, -0.15) is 0 Å². The van der Waals surface area contributed by atoms with Gasteiger partial charge in [0.15, 0.2) is 0 Å². The van der Waals surface area contributed by atoms with Gasteiger partial charge in [-0.05, 0) is 36.6 Å². The molecule has 8 nitrogen and oxygen atoms in total. The molecule has 0 aromatic heterocycles. The molecule has 140 valence electrons. The fourth-order valence-electron chi connectivity index (χ4n) is 2.88. The summed E-state index contributed by atoms with van der Waals surface area (Å²) in [6, 6.07) is 13.3. The molecule has 3 rings (SSSR count). The van der Waals surface area contributed by atoms with E-state index < -0.39 is 10.8 Å². The molecule has 1 aliphatic carbocycles. The quantitative estimate of drug-likeness (QED) is 0.547. The second-order valence-electron chi connectivity index (χ2n) is 6.52. The van der Waals surface area contributed by atoms with Crippen LogP contribution in [0.4, 0.5) is 11.4 Å². The van der Waals surface area contributed by atoms with E-state index in [1.165, 1.54) is 12.1 Å². The van der Waals surface area contributed by atoms with E-state index in [2.05, 4.69) is 5.32 Å². The van der Waals surface area contributed by atoms with E-state index >= 15 is 0 Å². The zero-order valence-corrected chi connectivity index (χ0v) is 14.6. The number of nitro benzene ring substituents is 1. The number of primary amides is 1. The summed E-state index contributed by atoms with van der Waals surface area (Å²) < 4.78 is 0. The van der Waals surface area contributed by atoms with Gasteiger partial charge in [-0.15, -0.1) is 0 Å². The highest BCUT2D eigenvalue weighted by Crippen LogP contribution is 2.29. The standard InChI is InChI=1S/C19H20N4O4/c20-19(25)14-7-5-13(6-8-14)11-22(15-9-10-15)12-18(24)21-16-3-1-2-4-17(16)23(26)27/h1-8,15H,9-12H2,(H2,20,25)(H,21,24). The Hall–Kier alpha value is -3.26. The topological polar surface area (TPSA) is 119 Å². The number of amides is 2. The van der Waals surface area contributed by atoms with Crippen LogP contribution in [0.3, 0.4) is 0 Å². The van der Waals surface area contributed by atoms with Crippen LogP contribution in [0, 0.1) is 10.1 Å². The number of rotatable bonds is 8. The molecule has 1 aliphatic rings. The maximum absolute atomic E-state index is 12.4. The van der Waals surface area contributed by atoms with Gasteiger partial charge in [0, 0.05) is 24.2 Å². The Balaban J connectivity index is 1.65. The van der Waals surface area contributed by atoms with Crippen molar-refractivity contribution in [3.05, 3.63) is 69.8 Å². The second kappa shape index (κ2) is 7.96. The molecule has 0 spiro atoms. The summed E-state index contributed by atoms with van der Waals surface area (Å²) in [5, 5.41) is 13.7. The molecule has 3 N–H and O–H groups in total. The van der Waals surface area contributed by atoms with Crippen molar-refractivity contribution in [3.63, 3.8) is 0 Å². The summed E-state index contributed by atoms with van der Waals surface area (Å²) in [7, 11) is 0. The zero-order chi connectivity index (χ0) is 19.4. The van der Waals surface area contributed by atoms with E-state index in [4.69, 9.17) is 5.73 Å². The average Bonchev–Trinajstić information content (AvgIpc) is 3.47. The highest BCUT2D eigenvalue weighted by atomic mass is 16.6. The number of nitrogens with two attached hydrogens (primary N) is 1. The normalized spacial score (nSPS) is 13.4. The number of benzene rings is 2. The summed E-state index contributed by atoms with van der Waals surface area (Å²) >= 11 is 0. The van der Waals surface area contributed by atoms with Crippen molar-refractivity contribution in [2.24, 2.45) is 5.73 Å². The Morgan fingerprint density at radius 1 is 1.15 bits per heavy atom.